The molecule has 17 heavy (non-hydrogen) atoms. The highest BCUT2D eigenvalue weighted by atomic mass is 16.5. The lowest BCUT2D eigenvalue weighted by Crippen LogP contribution is -2.35. The summed E-state index contributed by atoms with van der Waals surface area (Å²) in [5, 5.41) is 3.43. The summed E-state index contributed by atoms with van der Waals surface area (Å²) in [7, 11) is 2.25. The first-order valence-corrected chi connectivity index (χ1v) is 7.35. The van der Waals surface area contributed by atoms with Crippen molar-refractivity contribution in [3.63, 3.8) is 0 Å². The number of hydrogen-bond donors (Lipinski definition) is 1. The van der Waals surface area contributed by atoms with Crippen LogP contribution in [0.4, 0.5) is 0 Å². The van der Waals surface area contributed by atoms with Crippen LogP contribution in [0.2, 0.25) is 0 Å². The van der Waals surface area contributed by atoms with Crippen molar-refractivity contribution in [2.75, 3.05) is 39.8 Å². The normalized spacial score (nSPS) is 27.5. The SMILES string of the molecule is CN(CCC1CCNCC1)CC1CCCCO1. The molecule has 3 nitrogen and oxygen atoms in total. The molecule has 0 bridgehead atoms. The number of likely N-dealkylation sites (N-methyl/N-ethyl adjacent to an activating group) is 1. The molecule has 2 saturated heterocycles. The first-order valence-electron chi connectivity index (χ1n) is 7.35. The second-order valence-corrected chi connectivity index (χ2v) is 5.73. The molecule has 0 saturated carbocycles. The topological polar surface area (TPSA) is 24.5 Å². The number of nitrogens with one attached hydrogen (secondary N) is 1. The van der Waals surface area contributed by atoms with Gasteiger partial charge < -0.3 is 15.0 Å². The zero-order chi connectivity index (χ0) is 11.9. The molecule has 0 amide bonds. The maximum absolute atomic E-state index is 5.79. The molecule has 0 radical (unpaired) electrons. The molecule has 100 valence electrons. The van der Waals surface area contributed by atoms with Crippen LogP contribution in [-0.2, 0) is 4.74 Å². The van der Waals surface area contributed by atoms with Gasteiger partial charge in [0, 0.05) is 13.2 Å². The van der Waals surface area contributed by atoms with Gasteiger partial charge in [-0.25, -0.2) is 0 Å². The van der Waals surface area contributed by atoms with Crippen molar-refractivity contribution >= 4 is 0 Å². The van der Waals surface area contributed by atoms with Crippen LogP contribution >= 0.6 is 0 Å². The van der Waals surface area contributed by atoms with E-state index in [1.165, 1.54) is 58.2 Å². The number of ether oxygens (including phenoxy) is 1. The molecule has 1 N–H and O–H groups in total. The molecular formula is C14H28N2O. The Hall–Kier alpha value is -0.120. The zero-order valence-electron chi connectivity index (χ0n) is 11.3. The summed E-state index contributed by atoms with van der Waals surface area (Å²) in [6.07, 6.45) is 8.48. The number of piperidine rings is 1. The van der Waals surface area contributed by atoms with Crippen molar-refractivity contribution in [3.05, 3.63) is 0 Å². The Labute approximate surface area is 106 Å². The van der Waals surface area contributed by atoms with Crippen LogP contribution in [-0.4, -0.2) is 50.8 Å². The fourth-order valence-corrected chi connectivity index (χ4v) is 2.96. The molecule has 0 spiro atoms. The van der Waals surface area contributed by atoms with Crippen molar-refractivity contribution in [3.8, 4) is 0 Å². The van der Waals surface area contributed by atoms with E-state index in [9.17, 15) is 0 Å². The molecule has 2 heterocycles. The standard InChI is InChI=1S/C14H28N2O/c1-16(12-14-4-2-3-11-17-14)10-7-13-5-8-15-9-6-13/h13-15H,2-12H2,1H3. The van der Waals surface area contributed by atoms with E-state index in [4.69, 9.17) is 4.74 Å². The van der Waals surface area contributed by atoms with E-state index >= 15 is 0 Å². The lowest BCUT2D eigenvalue weighted by molar-refractivity contribution is -0.00222. The van der Waals surface area contributed by atoms with Crippen LogP contribution in [0.5, 0.6) is 0 Å². The van der Waals surface area contributed by atoms with E-state index in [-0.39, 0.29) is 0 Å². The third kappa shape index (κ3) is 4.94. The van der Waals surface area contributed by atoms with Gasteiger partial charge in [0.25, 0.3) is 0 Å². The summed E-state index contributed by atoms with van der Waals surface area (Å²) in [6.45, 7) is 5.79. The summed E-state index contributed by atoms with van der Waals surface area (Å²) in [4.78, 5) is 2.47. The first-order chi connectivity index (χ1) is 8.34. The fraction of sp³-hybridized carbons (Fsp3) is 1.00. The monoisotopic (exact) mass is 240 g/mol. The highest BCUT2D eigenvalue weighted by Crippen LogP contribution is 2.17. The van der Waals surface area contributed by atoms with Crippen LogP contribution in [0.25, 0.3) is 0 Å². The lowest BCUT2D eigenvalue weighted by atomic mass is 9.94. The third-order valence-electron chi connectivity index (χ3n) is 4.17. The lowest BCUT2D eigenvalue weighted by Gasteiger charge is -2.29. The fourth-order valence-electron chi connectivity index (χ4n) is 2.96. The van der Waals surface area contributed by atoms with Gasteiger partial charge >= 0.3 is 0 Å². The summed E-state index contributed by atoms with van der Waals surface area (Å²) in [5.41, 5.74) is 0. The van der Waals surface area contributed by atoms with Gasteiger partial charge in [0.1, 0.15) is 0 Å². The van der Waals surface area contributed by atoms with Crippen LogP contribution in [0, 0.1) is 5.92 Å². The number of rotatable bonds is 5. The van der Waals surface area contributed by atoms with E-state index in [2.05, 4.69) is 17.3 Å². The predicted molar refractivity (Wildman–Crippen MR) is 71.3 cm³/mol. The maximum Gasteiger partial charge on any atom is 0.0701 e. The Morgan fingerprint density at radius 3 is 2.71 bits per heavy atom. The number of hydrogen-bond acceptors (Lipinski definition) is 3. The first kappa shape index (κ1) is 13.3. The van der Waals surface area contributed by atoms with Crippen molar-refractivity contribution in [2.45, 2.75) is 44.6 Å². The van der Waals surface area contributed by atoms with E-state index < -0.39 is 0 Å². The zero-order valence-corrected chi connectivity index (χ0v) is 11.3. The van der Waals surface area contributed by atoms with Gasteiger partial charge in [-0.2, -0.15) is 0 Å². The largest absolute Gasteiger partial charge is 0.377 e. The van der Waals surface area contributed by atoms with Crippen LogP contribution in [0.3, 0.4) is 0 Å². The van der Waals surface area contributed by atoms with Gasteiger partial charge in [0.15, 0.2) is 0 Å². The van der Waals surface area contributed by atoms with E-state index in [0.717, 1.165) is 19.1 Å². The summed E-state index contributed by atoms with van der Waals surface area (Å²) >= 11 is 0. The minimum Gasteiger partial charge on any atom is -0.377 e. The van der Waals surface area contributed by atoms with Gasteiger partial charge in [-0.15, -0.1) is 0 Å². The van der Waals surface area contributed by atoms with Gasteiger partial charge in [-0.05, 0) is 71.1 Å². The molecule has 2 aliphatic rings. The molecule has 0 aromatic heterocycles. The van der Waals surface area contributed by atoms with Gasteiger partial charge in [0.05, 0.1) is 6.10 Å². The summed E-state index contributed by atoms with van der Waals surface area (Å²) in [6, 6.07) is 0. The van der Waals surface area contributed by atoms with Crippen molar-refractivity contribution in [1.29, 1.82) is 0 Å². The molecule has 0 aromatic rings. The summed E-state index contributed by atoms with van der Waals surface area (Å²) < 4.78 is 5.79. The maximum atomic E-state index is 5.79. The highest BCUT2D eigenvalue weighted by molar-refractivity contribution is 4.72. The average Bonchev–Trinajstić information content (AvgIpc) is 2.39. The minimum absolute atomic E-state index is 0.502. The van der Waals surface area contributed by atoms with E-state index in [1.807, 2.05) is 0 Å². The molecule has 0 aromatic carbocycles. The van der Waals surface area contributed by atoms with Gasteiger partial charge in [-0.3, -0.25) is 0 Å². The van der Waals surface area contributed by atoms with Gasteiger partial charge in [0.2, 0.25) is 0 Å². The summed E-state index contributed by atoms with van der Waals surface area (Å²) in [5.74, 6) is 0.950. The Balaban J connectivity index is 1.57. The van der Waals surface area contributed by atoms with Crippen LogP contribution in [0.1, 0.15) is 38.5 Å². The highest BCUT2D eigenvalue weighted by Gasteiger charge is 2.17. The van der Waals surface area contributed by atoms with E-state index in [1.54, 1.807) is 0 Å². The van der Waals surface area contributed by atoms with Crippen LogP contribution < -0.4 is 5.32 Å². The van der Waals surface area contributed by atoms with Crippen molar-refractivity contribution < 1.29 is 4.74 Å². The molecule has 2 rings (SSSR count). The van der Waals surface area contributed by atoms with Crippen molar-refractivity contribution in [1.82, 2.24) is 10.2 Å². The van der Waals surface area contributed by atoms with Crippen LogP contribution in [0.15, 0.2) is 0 Å². The quantitative estimate of drug-likeness (QED) is 0.794. The Morgan fingerprint density at radius 2 is 2.00 bits per heavy atom. The molecule has 1 atom stereocenters. The third-order valence-corrected chi connectivity index (χ3v) is 4.17. The Bertz CT molecular complexity index is 198. The molecule has 0 aliphatic carbocycles. The van der Waals surface area contributed by atoms with E-state index in [0.29, 0.717) is 6.10 Å². The molecule has 3 heteroatoms. The minimum atomic E-state index is 0.502. The second-order valence-electron chi connectivity index (χ2n) is 5.73. The molecule has 1 unspecified atom stereocenters. The Morgan fingerprint density at radius 1 is 1.18 bits per heavy atom. The molecular weight excluding hydrogens is 212 g/mol. The second kappa shape index (κ2) is 7.34. The van der Waals surface area contributed by atoms with Gasteiger partial charge in [-0.1, -0.05) is 0 Å². The van der Waals surface area contributed by atoms with Crippen molar-refractivity contribution in [2.24, 2.45) is 5.92 Å². The smallest absolute Gasteiger partial charge is 0.0701 e. The molecule has 2 aliphatic heterocycles. The average molecular weight is 240 g/mol. The predicted octanol–water partition coefficient (Wildman–Crippen LogP) is 1.88. The molecule has 2 fully saturated rings. The number of nitrogens with zero attached hydrogens (tertiary/aromatic N) is 1. The Kier molecular flexibility index (Phi) is 5.75.